The molecule has 80 valence electrons. The van der Waals surface area contributed by atoms with Crippen LogP contribution in [0.3, 0.4) is 0 Å². The van der Waals surface area contributed by atoms with E-state index in [1.54, 1.807) is 12.2 Å². The molecule has 0 aromatic rings. The summed E-state index contributed by atoms with van der Waals surface area (Å²) in [6, 6.07) is 0. The number of hydrogen-bond donors (Lipinski definition) is 1. The fourth-order valence-corrected chi connectivity index (χ4v) is 1.17. The van der Waals surface area contributed by atoms with Crippen LogP contribution in [-0.2, 0) is 4.74 Å². The molecular formula is C10H17FN2O. The predicted molar refractivity (Wildman–Crippen MR) is 54.4 cm³/mol. The Balaban J connectivity index is 2.26. The highest BCUT2D eigenvalue weighted by Crippen LogP contribution is 2.19. The minimum Gasteiger partial charge on any atom is -0.397 e. The molecule has 0 fully saturated rings. The van der Waals surface area contributed by atoms with Gasteiger partial charge in [-0.15, -0.1) is 0 Å². The van der Waals surface area contributed by atoms with Crippen LogP contribution in [0.5, 0.6) is 0 Å². The average molecular weight is 200 g/mol. The first-order valence-electron chi connectivity index (χ1n) is 4.68. The van der Waals surface area contributed by atoms with Gasteiger partial charge in [-0.2, -0.15) is 0 Å². The summed E-state index contributed by atoms with van der Waals surface area (Å²) in [6.07, 6.45) is 3.46. The van der Waals surface area contributed by atoms with Gasteiger partial charge < -0.3 is 15.4 Å². The van der Waals surface area contributed by atoms with Crippen molar-refractivity contribution in [2.45, 2.75) is 12.5 Å². The first-order valence-corrected chi connectivity index (χ1v) is 4.68. The van der Waals surface area contributed by atoms with Gasteiger partial charge in [0, 0.05) is 13.0 Å². The van der Waals surface area contributed by atoms with Gasteiger partial charge in [0.05, 0.1) is 18.4 Å². The van der Waals surface area contributed by atoms with Gasteiger partial charge in [0.1, 0.15) is 5.83 Å². The molecule has 3 nitrogen and oxygen atoms in total. The van der Waals surface area contributed by atoms with Gasteiger partial charge >= 0.3 is 0 Å². The van der Waals surface area contributed by atoms with E-state index in [1.165, 1.54) is 0 Å². The maximum absolute atomic E-state index is 13.0. The van der Waals surface area contributed by atoms with Crippen LogP contribution in [0.4, 0.5) is 4.39 Å². The molecule has 14 heavy (non-hydrogen) atoms. The SMILES string of the molecule is CN(C)CCOC1C=CC(N)=C(F)C1. The van der Waals surface area contributed by atoms with E-state index in [0.717, 1.165) is 6.54 Å². The molecule has 0 aliphatic heterocycles. The Kier molecular flexibility index (Phi) is 4.10. The lowest BCUT2D eigenvalue weighted by Gasteiger charge is -2.18. The lowest BCUT2D eigenvalue weighted by molar-refractivity contribution is 0.0693. The van der Waals surface area contributed by atoms with Crippen molar-refractivity contribution < 1.29 is 9.13 Å². The van der Waals surface area contributed by atoms with Crippen molar-refractivity contribution in [2.75, 3.05) is 27.2 Å². The van der Waals surface area contributed by atoms with Gasteiger partial charge in [-0.1, -0.05) is 6.08 Å². The average Bonchev–Trinajstić information content (AvgIpc) is 2.10. The lowest BCUT2D eigenvalue weighted by Crippen LogP contribution is -2.23. The van der Waals surface area contributed by atoms with Crippen LogP contribution < -0.4 is 5.73 Å². The van der Waals surface area contributed by atoms with Crippen LogP contribution in [0.2, 0.25) is 0 Å². The minimum absolute atomic E-state index is 0.165. The zero-order valence-electron chi connectivity index (χ0n) is 8.66. The standard InChI is InChI=1S/C10H17FN2O/c1-13(2)5-6-14-8-3-4-10(12)9(11)7-8/h3-4,8H,5-7,12H2,1-2H3. The Labute approximate surface area is 84.0 Å². The Hall–Kier alpha value is -0.870. The molecule has 0 aromatic heterocycles. The molecule has 1 rings (SSSR count). The highest BCUT2D eigenvalue weighted by Gasteiger charge is 2.14. The molecule has 0 radical (unpaired) electrons. The molecule has 0 saturated heterocycles. The second kappa shape index (κ2) is 5.12. The molecule has 0 spiro atoms. The van der Waals surface area contributed by atoms with E-state index < -0.39 is 0 Å². The molecular weight excluding hydrogens is 183 g/mol. The van der Waals surface area contributed by atoms with Crippen molar-refractivity contribution in [3.05, 3.63) is 23.7 Å². The third-order valence-corrected chi connectivity index (χ3v) is 2.05. The molecule has 1 aliphatic carbocycles. The van der Waals surface area contributed by atoms with Crippen LogP contribution in [0, 0.1) is 0 Å². The predicted octanol–water partition coefficient (Wildman–Crippen LogP) is 1.03. The van der Waals surface area contributed by atoms with E-state index in [4.69, 9.17) is 10.5 Å². The quantitative estimate of drug-likeness (QED) is 0.736. The van der Waals surface area contributed by atoms with Gasteiger partial charge in [0.25, 0.3) is 0 Å². The van der Waals surface area contributed by atoms with Crippen molar-refractivity contribution in [3.63, 3.8) is 0 Å². The normalized spacial score (nSPS) is 22.1. The Morgan fingerprint density at radius 2 is 2.36 bits per heavy atom. The van der Waals surface area contributed by atoms with E-state index in [-0.39, 0.29) is 24.0 Å². The van der Waals surface area contributed by atoms with E-state index in [2.05, 4.69) is 0 Å². The summed E-state index contributed by atoms with van der Waals surface area (Å²) >= 11 is 0. The number of allylic oxidation sites excluding steroid dienone is 1. The summed E-state index contributed by atoms with van der Waals surface area (Å²) < 4.78 is 18.5. The Morgan fingerprint density at radius 3 is 2.93 bits per heavy atom. The Bertz CT molecular complexity index is 249. The van der Waals surface area contributed by atoms with Crippen LogP contribution in [-0.4, -0.2) is 38.3 Å². The molecule has 2 N–H and O–H groups in total. The van der Waals surface area contributed by atoms with Crippen molar-refractivity contribution in [3.8, 4) is 0 Å². The highest BCUT2D eigenvalue weighted by molar-refractivity contribution is 5.25. The second-order valence-corrected chi connectivity index (χ2v) is 3.64. The summed E-state index contributed by atoms with van der Waals surface area (Å²) in [5.41, 5.74) is 5.59. The lowest BCUT2D eigenvalue weighted by atomic mass is 10.1. The molecule has 0 heterocycles. The van der Waals surface area contributed by atoms with Crippen molar-refractivity contribution in [2.24, 2.45) is 5.73 Å². The maximum Gasteiger partial charge on any atom is 0.126 e. The molecule has 1 unspecified atom stereocenters. The number of nitrogens with two attached hydrogens (primary N) is 1. The first-order chi connectivity index (χ1) is 6.59. The third kappa shape index (κ3) is 3.47. The third-order valence-electron chi connectivity index (χ3n) is 2.05. The van der Waals surface area contributed by atoms with Crippen LogP contribution in [0.15, 0.2) is 23.7 Å². The maximum atomic E-state index is 13.0. The second-order valence-electron chi connectivity index (χ2n) is 3.64. The summed E-state index contributed by atoms with van der Waals surface area (Å²) in [5.74, 6) is -0.276. The van der Waals surface area contributed by atoms with Crippen LogP contribution in [0.25, 0.3) is 0 Å². The molecule has 0 bridgehead atoms. The zero-order valence-corrected chi connectivity index (χ0v) is 8.66. The monoisotopic (exact) mass is 200 g/mol. The molecule has 0 aromatic carbocycles. The first kappa shape index (κ1) is 11.2. The topological polar surface area (TPSA) is 38.5 Å². The van der Waals surface area contributed by atoms with Gasteiger partial charge in [-0.3, -0.25) is 0 Å². The van der Waals surface area contributed by atoms with Crippen LogP contribution in [0.1, 0.15) is 6.42 Å². The number of likely N-dealkylation sites (N-methyl/N-ethyl adjacent to an activating group) is 1. The van der Waals surface area contributed by atoms with Gasteiger partial charge in [-0.25, -0.2) is 4.39 Å². The number of rotatable bonds is 4. The van der Waals surface area contributed by atoms with E-state index in [9.17, 15) is 4.39 Å². The highest BCUT2D eigenvalue weighted by atomic mass is 19.1. The minimum atomic E-state index is -0.276. The smallest absolute Gasteiger partial charge is 0.126 e. The van der Waals surface area contributed by atoms with Gasteiger partial charge in [0.2, 0.25) is 0 Å². The molecule has 4 heteroatoms. The van der Waals surface area contributed by atoms with E-state index in [1.807, 2.05) is 19.0 Å². The molecule has 0 saturated carbocycles. The fourth-order valence-electron chi connectivity index (χ4n) is 1.17. The number of hydrogen-bond acceptors (Lipinski definition) is 3. The zero-order chi connectivity index (χ0) is 10.6. The number of nitrogens with zero attached hydrogens (tertiary/aromatic N) is 1. The molecule has 1 aliphatic rings. The summed E-state index contributed by atoms with van der Waals surface area (Å²) in [6.45, 7) is 1.44. The van der Waals surface area contributed by atoms with Gasteiger partial charge in [0.15, 0.2) is 0 Å². The van der Waals surface area contributed by atoms with Gasteiger partial charge in [-0.05, 0) is 20.2 Å². The van der Waals surface area contributed by atoms with Crippen molar-refractivity contribution >= 4 is 0 Å². The van der Waals surface area contributed by atoms with E-state index >= 15 is 0 Å². The summed E-state index contributed by atoms with van der Waals surface area (Å²) in [7, 11) is 3.94. The number of ether oxygens (including phenoxy) is 1. The largest absolute Gasteiger partial charge is 0.397 e. The van der Waals surface area contributed by atoms with Crippen molar-refractivity contribution in [1.29, 1.82) is 0 Å². The molecule has 1 atom stereocenters. The summed E-state index contributed by atoms with van der Waals surface area (Å²) in [4.78, 5) is 2.02. The van der Waals surface area contributed by atoms with Crippen molar-refractivity contribution in [1.82, 2.24) is 4.90 Å². The Morgan fingerprint density at radius 1 is 1.64 bits per heavy atom. The van der Waals surface area contributed by atoms with E-state index in [0.29, 0.717) is 6.61 Å². The summed E-state index contributed by atoms with van der Waals surface area (Å²) in [5, 5.41) is 0. The number of halogens is 1. The van der Waals surface area contributed by atoms with Crippen LogP contribution >= 0.6 is 0 Å². The molecule has 0 amide bonds. The fraction of sp³-hybridized carbons (Fsp3) is 0.600.